The van der Waals surface area contributed by atoms with Crippen molar-refractivity contribution in [2.75, 3.05) is 19.8 Å². The van der Waals surface area contributed by atoms with Crippen LogP contribution in [0, 0.1) is 0 Å². The summed E-state index contributed by atoms with van der Waals surface area (Å²) in [5.41, 5.74) is 1.34. The van der Waals surface area contributed by atoms with Crippen LogP contribution in [0.15, 0.2) is 82.6 Å². The van der Waals surface area contributed by atoms with Crippen LogP contribution in [0.25, 0.3) is 0 Å². The number of hydrogen-bond acceptors (Lipinski definition) is 9. The summed E-state index contributed by atoms with van der Waals surface area (Å²) in [5, 5.41) is 3.42. The van der Waals surface area contributed by atoms with Crippen LogP contribution in [0.3, 0.4) is 0 Å². The van der Waals surface area contributed by atoms with Crippen molar-refractivity contribution in [2.45, 2.75) is 88.0 Å². The van der Waals surface area contributed by atoms with E-state index in [9.17, 15) is 14.4 Å². The molecular formula is C36H44ClNO8S. The second-order valence-corrected chi connectivity index (χ2v) is 13.1. The Morgan fingerprint density at radius 3 is 2.19 bits per heavy atom. The van der Waals surface area contributed by atoms with Gasteiger partial charge in [-0.15, -0.1) is 0 Å². The number of ether oxygens (including phenoxy) is 5. The lowest BCUT2D eigenvalue weighted by atomic mass is 10.0. The first-order valence-electron chi connectivity index (χ1n) is 15.6. The van der Waals surface area contributed by atoms with Crippen molar-refractivity contribution in [3.63, 3.8) is 0 Å². The molecule has 0 aliphatic rings. The highest BCUT2D eigenvalue weighted by molar-refractivity contribution is 7.99. The molecule has 0 fully saturated rings. The normalized spacial score (nSPS) is 11.9. The third-order valence-corrected chi connectivity index (χ3v) is 7.83. The number of rotatable bonds is 17. The van der Waals surface area contributed by atoms with Crippen LogP contribution in [-0.2, 0) is 41.6 Å². The molecule has 1 unspecified atom stereocenters. The molecule has 3 aromatic rings. The van der Waals surface area contributed by atoms with E-state index in [1.54, 1.807) is 46.4 Å². The molecule has 0 aromatic heterocycles. The Bertz CT molecular complexity index is 1430. The molecule has 254 valence electrons. The maximum atomic E-state index is 12.6. The van der Waals surface area contributed by atoms with E-state index in [4.69, 9.17) is 35.3 Å². The minimum Gasteiger partial charge on any atom is -0.489 e. The molecule has 0 aliphatic carbocycles. The lowest BCUT2D eigenvalue weighted by Gasteiger charge is -2.25. The van der Waals surface area contributed by atoms with Crippen LogP contribution >= 0.6 is 23.4 Å². The molecule has 11 heteroatoms. The highest BCUT2D eigenvalue weighted by atomic mass is 35.5. The zero-order valence-corrected chi connectivity index (χ0v) is 29.2. The van der Waals surface area contributed by atoms with Gasteiger partial charge in [0.25, 0.3) is 6.10 Å². The Hall–Kier alpha value is -3.73. The Balaban J connectivity index is 1.60. The fourth-order valence-corrected chi connectivity index (χ4v) is 5.64. The van der Waals surface area contributed by atoms with E-state index in [0.717, 1.165) is 26.7 Å². The molecule has 47 heavy (non-hydrogen) atoms. The lowest BCUT2D eigenvalue weighted by Crippen LogP contribution is -2.44. The zero-order valence-electron chi connectivity index (χ0n) is 27.6. The second kappa shape index (κ2) is 19.2. The van der Waals surface area contributed by atoms with Gasteiger partial charge in [-0.1, -0.05) is 65.8 Å². The van der Waals surface area contributed by atoms with Crippen LogP contribution in [0.5, 0.6) is 5.75 Å². The molecule has 9 nitrogen and oxygen atoms in total. The minimum atomic E-state index is -1.56. The van der Waals surface area contributed by atoms with Gasteiger partial charge < -0.3 is 29.0 Å². The van der Waals surface area contributed by atoms with Crippen molar-refractivity contribution in [1.29, 1.82) is 0 Å². The lowest BCUT2D eigenvalue weighted by molar-refractivity contribution is -0.173. The molecule has 0 radical (unpaired) electrons. The molecule has 0 saturated heterocycles. The van der Waals surface area contributed by atoms with E-state index in [2.05, 4.69) is 5.32 Å². The van der Waals surface area contributed by atoms with E-state index in [1.165, 1.54) is 0 Å². The number of nitrogens with one attached hydrogen (secondary N) is 1. The summed E-state index contributed by atoms with van der Waals surface area (Å²) < 4.78 is 27.0. The largest absolute Gasteiger partial charge is 0.489 e. The summed E-state index contributed by atoms with van der Waals surface area (Å²) in [6.45, 7) is 9.04. The third-order valence-electron chi connectivity index (χ3n) is 6.50. The van der Waals surface area contributed by atoms with Gasteiger partial charge in [0.1, 0.15) is 18.0 Å². The van der Waals surface area contributed by atoms with Gasteiger partial charge in [0.2, 0.25) is 0 Å². The molecule has 0 heterocycles. The van der Waals surface area contributed by atoms with E-state index < -0.39 is 35.8 Å². The highest BCUT2D eigenvalue weighted by Crippen LogP contribution is 2.33. The Labute approximate surface area is 286 Å². The van der Waals surface area contributed by atoms with Gasteiger partial charge in [-0.2, -0.15) is 0 Å². The molecule has 0 aliphatic heterocycles. The fraction of sp³-hybridized carbons (Fsp3) is 0.417. The van der Waals surface area contributed by atoms with Gasteiger partial charge in [0.15, 0.2) is 0 Å². The van der Waals surface area contributed by atoms with Crippen molar-refractivity contribution in [1.82, 2.24) is 5.32 Å². The number of carbonyl (C=O) groups is 3. The van der Waals surface area contributed by atoms with Gasteiger partial charge in [-0.3, -0.25) is 0 Å². The summed E-state index contributed by atoms with van der Waals surface area (Å²) in [6.07, 6.45) is -0.490. The maximum absolute atomic E-state index is 12.6. The average molecular weight is 686 g/mol. The number of amides is 1. The second-order valence-electron chi connectivity index (χ2n) is 11.6. The minimum absolute atomic E-state index is 0.0747. The quantitative estimate of drug-likeness (QED) is 0.0865. The van der Waals surface area contributed by atoms with Gasteiger partial charge >= 0.3 is 18.0 Å². The van der Waals surface area contributed by atoms with E-state index in [-0.39, 0.29) is 19.8 Å². The van der Waals surface area contributed by atoms with Crippen molar-refractivity contribution in [2.24, 2.45) is 0 Å². The van der Waals surface area contributed by atoms with Crippen molar-refractivity contribution < 1.29 is 38.1 Å². The summed E-state index contributed by atoms with van der Waals surface area (Å²) in [5.74, 6) is -0.910. The Kier molecular flexibility index (Phi) is 15.4. The van der Waals surface area contributed by atoms with Gasteiger partial charge in [-0.05, 0) is 95.3 Å². The number of carbonyl (C=O) groups excluding carboxylic acids is 3. The molecule has 1 N–H and O–H groups in total. The Morgan fingerprint density at radius 1 is 0.872 bits per heavy atom. The highest BCUT2D eigenvalue weighted by Gasteiger charge is 2.32. The van der Waals surface area contributed by atoms with Crippen LogP contribution in [0.4, 0.5) is 4.79 Å². The molecule has 0 bridgehead atoms. The number of benzene rings is 3. The first-order chi connectivity index (χ1) is 22.5. The van der Waals surface area contributed by atoms with Crippen LogP contribution in [-0.4, -0.2) is 55.6 Å². The number of esters is 2. The van der Waals surface area contributed by atoms with Gasteiger partial charge in [-0.25, -0.2) is 14.4 Å². The van der Waals surface area contributed by atoms with E-state index in [1.807, 2.05) is 72.8 Å². The van der Waals surface area contributed by atoms with Crippen molar-refractivity contribution >= 4 is 41.4 Å². The summed E-state index contributed by atoms with van der Waals surface area (Å²) in [4.78, 5) is 39.4. The van der Waals surface area contributed by atoms with Crippen molar-refractivity contribution in [3.05, 3.63) is 88.9 Å². The molecule has 0 spiro atoms. The molecular weight excluding hydrogens is 642 g/mol. The Morgan fingerprint density at radius 2 is 1.55 bits per heavy atom. The maximum Gasteiger partial charge on any atom is 0.407 e. The van der Waals surface area contributed by atoms with Crippen LogP contribution in [0.2, 0.25) is 5.02 Å². The first-order valence-corrected chi connectivity index (χ1v) is 16.8. The monoisotopic (exact) mass is 685 g/mol. The fourth-order valence-electron chi connectivity index (χ4n) is 4.39. The molecule has 1 amide bonds. The van der Waals surface area contributed by atoms with Crippen molar-refractivity contribution in [3.8, 4) is 5.75 Å². The predicted molar refractivity (Wildman–Crippen MR) is 182 cm³/mol. The average Bonchev–Trinajstić information content (AvgIpc) is 3.01. The van der Waals surface area contributed by atoms with Crippen LogP contribution < -0.4 is 10.1 Å². The summed E-state index contributed by atoms with van der Waals surface area (Å²) >= 11 is 8.28. The molecule has 3 rings (SSSR count). The van der Waals surface area contributed by atoms with Gasteiger partial charge in [0.05, 0.1) is 25.9 Å². The van der Waals surface area contributed by atoms with Gasteiger partial charge in [0, 0.05) is 14.8 Å². The summed E-state index contributed by atoms with van der Waals surface area (Å²) in [6, 6.07) is 23.3. The predicted octanol–water partition coefficient (Wildman–Crippen LogP) is 7.80. The summed E-state index contributed by atoms with van der Waals surface area (Å²) in [7, 11) is 0. The number of halogens is 1. The third kappa shape index (κ3) is 13.9. The molecule has 0 saturated carbocycles. The smallest absolute Gasteiger partial charge is 0.407 e. The topological polar surface area (TPSA) is 109 Å². The first kappa shape index (κ1) is 37.7. The number of hydrogen-bond donors (Lipinski definition) is 1. The zero-order chi connectivity index (χ0) is 34.2. The molecule has 3 aromatic carbocycles. The van der Waals surface area contributed by atoms with E-state index >= 15 is 0 Å². The SMILES string of the molecule is CCOC(=O)C(OCC(CCCc1ccc(Sc2cccc(OCc3ccccc3)c2)cc1Cl)NC(=O)OC(C)(C)C)C(=O)OCC. The standard InChI is InChI=1S/C36H44ClNO8S/c1-6-42-33(39)32(34(40)43-7-2)45-24-27(38-35(41)46-36(3,4)5)16-11-15-26-19-20-30(22-31(26)37)47-29-18-12-17-28(21-29)44-23-25-13-9-8-10-14-25/h8-10,12-14,17-22,27,32H,6-7,11,15-16,23-24H2,1-5H3,(H,38,41). The molecule has 1 atom stereocenters. The number of aryl methyl sites for hydroxylation is 1. The van der Waals surface area contributed by atoms with Crippen LogP contribution in [0.1, 0.15) is 58.6 Å². The number of alkyl carbamates (subject to hydrolysis) is 1. The van der Waals surface area contributed by atoms with E-state index in [0.29, 0.717) is 30.9 Å².